The lowest BCUT2D eigenvalue weighted by molar-refractivity contribution is -0.0438. The Morgan fingerprint density at radius 2 is 1.04 bits per heavy atom. The van der Waals surface area contributed by atoms with E-state index in [4.69, 9.17) is 0 Å². The fourth-order valence-corrected chi connectivity index (χ4v) is 4.63. The number of halogens is 6. The highest BCUT2D eigenvalue weighted by atomic mass is 32.2. The summed E-state index contributed by atoms with van der Waals surface area (Å²) < 4.78 is 123. The van der Waals surface area contributed by atoms with Crippen LogP contribution in [0.5, 0.6) is 0 Å². The van der Waals surface area contributed by atoms with Gasteiger partial charge in [0, 0.05) is 9.79 Å². The molecule has 2 rings (SSSR count). The summed E-state index contributed by atoms with van der Waals surface area (Å²) in [5.41, 5.74) is -11.6. The summed E-state index contributed by atoms with van der Waals surface area (Å²) in [4.78, 5) is -3.28. The molecule has 0 radical (unpaired) electrons. The van der Waals surface area contributed by atoms with Gasteiger partial charge in [0.05, 0.1) is 9.79 Å². The normalized spacial score (nSPS) is 13.6. The minimum atomic E-state index is -6.06. The van der Waals surface area contributed by atoms with Gasteiger partial charge in [-0.2, -0.15) is 26.3 Å². The molecule has 0 bridgehead atoms. The molecule has 0 N–H and O–H groups in total. The predicted octanol–water partition coefficient (Wildman–Crippen LogP) is 4.42. The second-order valence-electron chi connectivity index (χ2n) is 4.95. The third-order valence-electron chi connectivity index (χ3n) is 3.06. The number of benzene rings is 2. The van der Waals surface area contributed by atoms with Gasteiger partial charge in [-0.3, -0.25) is 0 Å². The van der Waals surface area contributed by atoms with Gasteiger partial charge in [-0.05, 0) is 30.3 Å². The molecule has 0 heterocycles. The van der Waals surface area contributed by atoms with Crippen LogP contribution < -0.4 is 0 Å². The van der Waals surface area contributed by atoms with Crippen LogP contribution in [0.4, 0.5) is 26.3 Å². The highest BCUT2D eigenvalue weighted by Gasteiger charge is 2.50. The maximum atomic E-state index is 12.8. The zero-order valence-electron chi connectivity index (χ0n) is 12.7. The molecule has 13 heteroatoms. The van der Waals surface area contributed by atoms with E-state index in [1.54, 1.807) is 6.07 Å². The molecule has 0 spiro atoms. The van der Waals surface area contributed by atoms with E-state index in [0.717, 1.165) is 0 Å². The van der Waals surface area contributed by atoms with Crippen molar-refractivity contribution >= 4 is 31.4 Å². The van der Waals surface area contributed by atoms with Gasteiger partial charge in [0.25, 0.3) is 19.7 Å². The summed E-state index contributed by atoms with van der Waals surface area (Å²) >= 11 is 0.606. The zero-order chi connectivity index (χ0) is 20.7. The fraction of sp³-hybridized carbons (Fsp3) is 0.143. The van der Waals surface area contributed by atoms with Crippen molar-refractivity contribution in [3.05, 3.63) is 48.5 Å². The van der Waals surface area contributed by atoms with E-state index < -0.39 is 45.4 Å². The molecule has 148 valence electrons. The first kappa shape index (κ1) is 21.6. The SMILES string of the molecule is O=S(=O)(c1cc(Sc2ccccc2)cc(S(=O)(=O)C(F)(F)F)c1)C(F)(F)F. The number of alkyl halides is 6. The molecule has 0 aliphatic carbocycles. The maximum Gasteiger partial charge on any atom is 0.501 e. The van der Waals surface area contributed by atoms with E-state index in [1.165, 1.54) is 24.3 Å². The standard InChI is InChI=1S/C14H8F6O4S3/c15-13(16,17)26(21,22)11-6-10(25-9-4-2-1-3-5-9)7-12(8-11)27(23,24)14(18,19)20/h1-8H. The Morgan fingerprint density at radius 1 is 0.630 bits per heavy atom. The van der Waals surface area contributed by atoms with Gasteiger partial charge in [0.2, 0.25) is 0 Å². The predicted molar refractivity (Wildman–Crippen MR) is 83.5 cm³/mol. The summed E-state index contributed by atoms with van der Waals surface area (Å²) in [6.45, 7) is 0. The third kappa shape index (κ3) is 4.41. The molecule has 0 fully saturated rings. The first-order valence-electron chi connectivity index (χ1n) is 6.67. The molecule has 0 saturated heterocycles. The molecule has 0 atom stereocenters. The molecular weight excluding hydrogens is 442 g/mol. The largest absolute Gasteiger partial charge is 0.501 e. The molecule has 2 aromatic carbocycles. The number of sulfone groups is 2. The maximum absolute atomic E-state index is 12.8. The summed E-state index contributed by atoms with van der Waals surface area (Å²) in [6, 6.07) is 8.32. The van der Waals surface area contributed by atoms with Crippen LogP contribution in [0.15, 0.2) is 68.1 Å². The highest BCUT2D eigenvalue weighted by molar-refractivity contribution is 7.99. The van der Waals surface area contributed by atoms with E-state index >= 15 is 0 Å². The number of rotatable bonds is 4. The average Bonchev–Trinajstić information content (AvgIpc) is 2.53. The Labute approximate surface area is 154 Å². The molecule has 0 unspecified atom stereocenters. The van der Waals surface area contributed by atoms with Crippen molar-refractivity contribution in [2.75, 3.05) is 0 Å². The molecule has 2 aromatic rings. The van der Waals surface area contributed by atoms with Crippen LogP contribution in [0.25, 0.3) is 0 Å². The third-order valence-corrected chi connectivity index (χ3v) is 6.97. The average molecular weight is 450 g/mol. The van der Waals surface area contributed by atoms with Gasteiger partial charge in [-0.15, -0.1) is 0 Å². The minimum absolute atomic E-state index is 0.152. The van der Waals surface area contributed by atoms with Crippen LogP contribution in [0.3, 0.4) is 0 Å². The quantitative estimate of drug-likeness (QED) is 0.645. The van der Waals surface area contributed by atoms with Gasteiger partial charge < -0.3 is 0 Å². The Hall–Kier alpha value is -1.73. The van der Waals surface area contributed by atoms with Gasteiger partial charge in [-0.1, -0.05) is 30.0 Å². The number of hydrogen-bond donors (Lipinski definition) is 0. The molecule has 0 aliphatic rings. The molecule has 27 heavy (non-hydrogen) atoms. The van der Waals surface area contributed by atoms with Crippen molar-refractivity contribution in [2.24, 2.45) is 0 Å². The van der Waals surface area contributed by atoms with Crippen molar-refractivity contribution < 1.29 is 43.2 Å². The second kappa shape index (κ2) is 7.02. The summed E-state index contributed by atoms with van der Waals surface area (Å²) in [7, 11) is -12.1. The second-order valence-corrected chi connectivity index (χ2v) is 9.98. The van der Waals surface area contributed by atoms with Crippen LogP contribution in [0.2, 0.25) is 0 Å². The lowest BCUT2D eigenvalue weighted by Gasteiger charge is -2.13. The smallest absolute Gasteiger partial charge is 0.214 e. The zero-order valence-corrected chi connectivity index (χ0v) is 15.2. The monoisotopic (exact) mass is 450 g/mol. The Morgan fingerprint density at radius 3 is 1.41 bits per heavy atom. The first-order valence-corrected chi connectivity index (χ1v) is 10.5. The van der Waals surface area contributed by atoms with Crippen LogP contribution in [0, 0.1) is 0 Å². The fourth-order valence-electron chi connectivity index (χ4n) is 1.81. The van der Waals surface area contributed by atoms with Crippen LogP contribution >= 0.6 is 11.8 Å². The van der Waals surface area contributed by atoms with Crippen molar-refractivity contribution in [3.63, 3.8) is 0 Å². The van der Waals surface area contributed by atoms with E-state index in [0.29, 0.717) is 28.8 Å². The molecule has 0 aromatic heterocycles. The van der Waals surface area contributed by atoms with Crippen LogP contribution in [-0.2, 0) is 19.7 Å². The van der Waals surface area contributed by atoms with Crippen molar-refractivity contribution in [2.45, 2.75) is 30.6 Å². The summed E-state index contributed by atoms with van der Waals surface area (Å²) in [5.74, 6) is 0. The van der Waals surface area contributed by atoms with Crippen molar-refractivity contribution in [3.8, 4) is 0 Å². The van der Waals surface area contributed by atoms with Gasteiger partial charge >= 0.3 is 11.0 Å². The summed E-state index contributed by atoms with van der Waals surface area (Å²) in [5, 5.41) is 0. The molecule has 0 saturated carbocycles. The van der Waals surface area contributed by atoms with E-state index in [1.807, 2.05) is 0 Å². The van der Waals surface area contributed by atoms with Gasteiger partial charge in [-0.25, -0.2) is 16.8 Å². The van der Waals surface area contributed by atoms with Gasteiger partial charge in [0.15, 0.2) is 0 Å². The van der Waals surface area contributed by atoms with Gasteiger partial charge in [0.1, 0.15) is 0 Å². The highest BCUT2D eigenvalue weighted by Crippen LogP contribution is 2.39. The Kier molecular flexibility index (Phi) is 5.61. The Bertz CT molecular complexity index is 980. The lowest BCUT2D eigenvalue weighted by atomic mass is 10.4. The number of hydrogen-bond acceptors (Lipinski definition) is 5. The van der Waals surface area contributed by atoms with E-state index in [-0.39, 0.29) is 6.07 Å². The summed E-state index contributed by atoms with van der Waals surface area (Å²) in [6.07, 6.45) is 0. The van der Waals surface area contributed by atoms with Crippen LogP contribution in [0.1, 0.15) is 0 Å². The van der Waals surface area contributed by atoms with E-state index in [9.17, 15) is 43.2 Å². The molecular formula is C14H8F6O4S3. The lowest BCUT2D eigenvalue weighted by Crippen LogP contribution is -2.26. The van der Waals surface area contributed by atoms with Crippen LogP contribution in [-0.4, -0.2) is 27.9 Å². The van der Waals surface area contributed by atoms with E-state index in [2.05, 4.69) is 0 Å². The molecule has 0 amide bonds. The Balaban J connectivity index is 2.72. The van der Waals surface area contributed by atoms with Crippen molar-refractivity contribution in [1.29, 1.82) is 0 Å². The topological polar surface area (TPSA) is 68.3 Å². The first-order chi connectivity index (χ1) is 12.2. The molecule has 4 nitrogen and oxygen atoms in total. The molecule has 0 aliphatic heterocycles. The van der Waals surface area contributed by atoms with Crippen molar-refractivity contribution in [1.82, 2.24) is 0 Å². The minimum Gasteiger partial charge on any atom is -0.214 e.